The van der Waals surface area contributed by atoms with E-state index in [0.717, 1.165) is 22.3 Å². The van der Waals surface area contributed by atoms with E-state index in [1.807, 2.05) is 36.4 Å². The van der Waals surface area contributed by atoms with Gasteiger partial charge in [0.05, 0.1) is 12.5 Å². The Hall–Kier alpha value is -3.39. The molecular weight excluding hydrogens is 412 g/mol. The molecule has 8 heteroatoms. The SMILES string of the molecule is CCC(CNC(=O)OCC1c2ccccc2-c2ccccc21)C(=O)N[C@@H](COC)C(=O)O. The first kappa shape index (κ1) is 23.3. The molecule has 2 aromatic rings. The van der Waals surface area contributed by atoms with Gasteiger partial charge in [0.25, 0.3) is 0 Å². The van der Waals surface area contributed by atoms with Crippen LogP contribution >= 0.6 is 0 Å². The van der Waals surface area contributed by atoms with Crippen molar-refractivity contribution in [2.75, 3.05) is 26.9 Å². The van der Waals surface area contributed by atoms with Gasteiger partial charge in [0.15, 0.2) is 6.04 Å². The molecule has 0 heterocycles. The number of fused-ring (bicyclic) bond motifs is 3. The largest absolute Gasteiger partial charge is 0.480 e. The smallest absolute Gasteiger partial charge is 0.407 e. The number of carboxylic acids is 1. The van der Waals surface area contributed by atoms with Gasteiger partial charge in [-0.05, 0) is 28.7 Å². The van der Waals surface area contributed by atoms with Gasteiger partial charge in [0.2, 0.25) is 5.91 Å². The molecule has 3 rings (SSSR count). The summed E-state index contributed by atoms with van der Waals surface area (Å²) in [4.78, 5) is 35.9. The molecule has 0 saturated carbocycles. The summed E-state index contributed by atoms with van der Waals surface area (Å²) < 4.78 is 10.3. The van der Waals surface area contributed by atoms with Crippen LogP contribution in [-0.2, 0) is 19.1 Å². The van der Waals surface area contributed by atoms with Crippen LogP contribution in [0.3, 0.4) is 0 Å². The molecule has 0 saturated heterocycles. The lowest BCUT2D eigenvalue weighted by Gasteiger charge is -2.20. The highest BCUT2D eigenvalue weighted by molar-refractivity contribution is 5.85. The summed E-state index contributed by atoms with van der Waals surface area (Å²) in [5, 5.41) is 14.2. The molecule has 2 amide bonds. The number of amides is 2. The number of alkyl carbamates (subject to hydrolysis) is 1. The Morgan fingerprint density at radius 2 is 1.62 bits per heavy atom. The zero-order valence-electron chi connectivity index (χ0n) is 18.2. The first-order valence-corrected chi connectivity index (χ1v) is 10.6. The lowest BCUT2D eigenvalue weighted by Crippen LogP contribution is -2.48. The fourth-order valence-electron chi connectivity index (χ4n) is 3.91. The average Bonchev–Trinajstić information content (AvgIpc) is 3.11. The van der Waals surface area contributed by atoms with Crippen molar-refractivity contribution in [1.82, 2.24) is 10.6 Å². The summed E-state index contributed by atoms with van der Waals surface area (Å²) in [6.45, 7) is 1.86. The Morgan fingerprint density at radius 1 is 1.03 bits per heavy atom. The molecular formula is C24H28N2O6. The van der Waals surface area contributed by atoms with E-state index in [1.165, 1.54) is 7.11 Å². The Morgan fingerprint density at radius 3 is 2.16 bits per heavy atom. The van der Waals surface area contributed by atoms with Crippen LogP contribution in [0.15, 0.2) is 48.5 Å². The zero-order chi connectivity index (χ0) is 23.1. The highest BCUT2D eigenvalue weighted by Crippen LogP contribution is 2.44. The summed E-state index contributed by atoms with van der Waals surface area (Å²) in [6.07, 6.45) is -0.195. The highest BCUT2D eigenvalue weighted by Gasteiger charge is 2.29. The third-order valence-corrected chi connectivity index (χ3v) is 5.65. The maximum atomic E-state index is 12.4. The molecule has 1 aliphatic carbocycles. The monoisotopic (exact) mass is 440 g/mol. The number of hydrogen-bond acceptors (Lipinski definition) is 5. The quantitative estimate of drug-likeness (QED) is 0.524. The second kappa shape index (κ2) is 10.8. The van der Waals surface area contributed by atoms with Crippen LogP contribution in [0.1, 0.15) is 30.4 Å². The van der Waals surface area contributed by atoms with Crippen molar-refractivity contribution in [1.29, 1.82) is 0 Å². The predicted octanol–water partition coefficient (Wildman–Crippen LogP) is 2.77. The van der Waals surface area contributed by atoms with Crippen LogP contribution in [0.25, 0.3) is 11.1 Å². The predicted molar refractivity (Wildman–Crippen MR) is 118 cm³/mol. The Labute approximate surface area is 186 Å². The summed E-state index contributed by atoms with van der Waals surface area (Å²) in [5.41, 5.74) is 4.52. The maximum Gasteiger partial charge on any atom is 0.407 e. The number of nitrogens with one attached hydrogen (secondary N) is 2. The molecule has 0 aliphatic heterocycles. The van der Waals surface area contributed by atoms with Crippen molar-refractivity contribution in [2.45, 2.75) is 25.3 Å². The summed E-state index contributed by atoms with van der Waals surface area (Å²) >= 11 is 0. The number of carboxylic acid groups (broad SMARTS) is 1. The molecule has 1 unspecified atom stereocenters. The van der Waals surface area contributed by atoms with Crippen molar-refractivity contribution in [2.24, 2.45) is 5.92 Å². The molecule has 2 aromatic carbocycles. The number of carbonyl (C=O) groups excluding carboxylic acids is 2. The van der Waals surface area contributed by atoms with Crippen LogP contribution in [0, 0.1) is 5.92 Å². The van der Waals surface area contributed by atoms with E-state index in [4.69, 9.17) is 14.6 Å². The van der Waals surface area contributed by atoms with Gasteiger partial charge < -0.3 is 25.2 Å². The van der Waals surface area contributed by atoms with Crippen LogP contribution in [-0.4, -0.2) is 56.0 Å². The van der Waals surface area contributed by atoms with Gasteiger partial charge in [-0.15, -0.1) is 0 Å². The van der Waals surface area contributed by atoms with E-state index >= 15 is 0 Å². The van der Waals surface area contributed by atoms with Gasteiger partial charge in [-0.3, -0.25) is 4.79 Å². The van der Waals surface area contributed by atoms with Gasteiger partial charge in [0.1, 0.15) is 6.61 Å². The number of aliphatic carboxylic acids is 1. The minimum absolute atomic E-state index is 0.0400. The van der Waals surface area contributed by atoms with E-state index in [0.29, 0.717) is 6.42 Å². The molecule has 3 N–H and O–H groups in total. The number of rotatable bonds is 10. The number of hydrogen-bond donors (Lipinski definition) is 3. The first-order valence-electron chi connectivity index (χ1n) is 10.6. The van der Waals surface area contributed by atoms with E-state index < -0.39 is 29.9 Å². The Kier molecular flexibility index (Phi) is 7.83. The highest BCUT2D eigenvalue weighted by atomic mass is 16.5. The molecule has 0 aromatic heterocycles. The average molecular weight is 440 g/mol. The molecule has 32 heavy (non-hydrogen) atoms. The van der Waals surface area contributed by atoms with Crippen molar-refractivity contribution < 1.29 is 29.0 Å². The van der Waals surface area contributed by atoms with Crippen molar-refractivity contribution in [3.8, 4) is 11.1 Å². The van der Waals surface area contributed by atoms with E-state index in [9.17, 15) is 14.4 Å². The topological polar surface area (TPSA) is 114 Å². The molecule has 0 radical (unpaired) electrons. The van der Waals surface area contributed by atoms with E-state index in [1.54, 1.807) is 6.92 Å². The Bertz CT molecular complexity index is 931. The maximum absolute atomic E-state index is 12.4. The number of methoxy groups -OCH3 is 1. The second-order valence-electron chi connectivity index (χ2n) is 7.67. The molecule has 170 valence electrons. The first-order chi connectivity index (χ1) is 15.5. The molecule has 0 spiro atoms. The van der Waals surface area contributed by atoms with Crippen molar-refractivity contribution in [3.05, 3.63) is 59.7 Å². The van der Waals surface area contributed by atoms with E-state index in [2.05, 4.69) is 22.8 Å². The minimum Gasteiger partial charge on any atom is -0.480 e. The molecule has 0 bridgehead atoms. The Balaban J connectivity index is 1.55. The summed E-state index contributed by atoms with van der Waals surface area (Å²) in [7, 11) is 1.36. The molecule has 0 fully saturated rings. The summed E-state index contributed by atoms with van der Waals surface area (Å²) in [6, 6.07) is 15.0. The lowest BCUT2D eigenvalue weighted by atomic mass is 9.98. The van der Waals surface area contributed by atoms with Crippen LogP contribution < -0.4 is 10.6 Å². The van der Waals surface area contributed by atoms with Gasteiger partial charge in [-0.25, -0.2) is 9.59 Å². The van der Waals surface area contributed by atoms with Gasteiger partial charge in [-0.1, -0.05) is 55.5 Å². The fraction of sp³-hybridized carbons (Fsp3) is 0.375. The van der Waals surface area contributed by atoms with Gasteiger partial charge in [-0.2, -0.15) is 0 Å². The number of benzene rings is 2. The van der Waals surface area contributed by atoms with Gasteiger partial charge >= 0.3 is 12.1 Å². The number of ether oxygens (including phenoxy) is 2. The minimum atomic E-state index is -1.18. The molecule has 1 aliphatic rings. The summed E-state index contributed by atoms with van der Waals surface area (Å²) in [5.74, 6) is -2.28. The van der Waals surface area contributed by atoms with Crippen LogP contribution in [0.5, 0.6) is 0 Å². The molecule has 8 nitrogen and oxygen atoms in total. The van der Waals surface area contributed by atoms with E-state index in [-0.39, 0.29) is 25.7 Å². The zero-order valence-corrected chi connectivity index (χ0v) is 18.2. The molecule has 2 atom stereocenters. The second-order valence-corrected chi connectivity index (χ2v) is 7.67. The fourth-order valence-corrected chi connectivity index (χ4v) is 3.91. The standard InChI is InChI=1S/C24H28N2O6/c1-3-15(22(27)26-21(14-31-2)23(28)29)12-25-24(30)32-13-20-18-10-6-4-8-16(18)17-9-5-7-11-19(17)20/h4-11,15,20-21H,3,12-14H2,1-2H3,(H,25,30)(H,26,27)(H,28,29)/t15?,21-/m0/s1. The van der Waals surface area contributed by atoms with Crippen molar-refractivity contribution in [3.63, 3.8) is 0 Å². The lowest BCUT2D eigenvalue weighted by molar-refractivity contribution is -0.144. The van der Waals surface area contributed by atoms with Crippen LogP contribution in [0.2, 0.25) is 0 Å². The normalized spacial score (nSPS) is 14.1. The third kappa shape index (κ3) is 5.26. The van der Waals surface area contributed by atoms with Crippen molar-refractivity contribution >= 4 is 18.0 Å². The number of carbonyl (C=O) groups is 3. The van der Waals surface area contributed by atoms with Crippen LogP contribution in [0.4, 0.5) is 4.79 Å². The van der Waals surface area contributed by atoms with Gasteiger partial charge in [0, 0.05) is 19.6 Å². The third-order valence-electron chi connectivity index (χ3n) is 5.65.